The molecule has 8 nitrogen and oxygen atoms in total. The molecule has 34 heavy (non-hydrogen) atoms. The summed E-state index contributed by atoms with van der Waals surface area (Å²) in [7, 11) is 0. The van der Waals surface area contributed by atoms with Crippen LogP contribution in [-0.4, -0.2) is 25.1 Å². The molecule has 3 rings (SSSR count). The molecule has 1 aliphatic rings. The van der Waals surface area contributed by atoms with Gasteiger partial charge in [0.2, 0.25) is 5.88 Å². The second-order valence-corrected chi connectivity index (χ2v) is 7.92. The van der Waals surface area contributed by atoms with Gasteiger partial charge in [-0.15, -0.1) is 0 Å². The van der Waals surface area contributed by atoms with Crippen LogP contribution in [0, 0.1) is 18.3 Å². The van der Waals surface area contributed by atoms with E-state index in [4.69, 9.17) is 31.5 Å². The zero-order valence-electron chi connectivity index (χ0n) is 19.0. The van der Waals surface area contributed by atoms with Crippen molar-refractivity contribution in [3.63, 3.8) is 0 Å². The Hall–Kier alpha value is -3.96. The maximum atomic E-state index is 12.6. The summed E-state index contributed by atoms with van der Waals surface area (Å²) in [6.45, 7) is 5.11. The summed E-state index contributed by atoms with van der Waals surface area (Å²) in [6, 6.07) is 14.2. The van der Waals surface area contributed by atoms with Crippen molar-refractivity contribution in [3.05, 3.63) is 81.4 Å². The molecule has 2 aromatic rings. The first-order chi connectivity index (χ1) is 16.2. The first-order valence-electron chi connectivity index (χ1n) is 10.5. The van der Waals surface area contributed by atoms with E-state index in [2.05, 4.69) is 5.32 Å². The third kappa shape index (κ3) is 5.50. The Labute approximate surface area is 202 Å². The van der Waals surface area contributed by atoms with Gasteiger partial charge >= 0.3 is 5.97 Å². The van der Waals surface area contributed by atoms with E-state index >= 15 is 0 Å². The molecule has 1 aliphatic heterocycles. The fraction of sp³-hybridized carbons (Fsp3) is 0.240. The summed E-state index contributed by atoms with van der Waals surface area (Å²) in [5.41, 5.74) is 8.39. The minimum Gasteiger partial charge on any atom is -0.482 e. The maximum absolute atomic E-state index is 12.6. The van der Waals surface area contributed by atoms with Crippen molar-refractivity contribution in [3.8, 4) is 11.8 Å². The van der Waals surface area contributed by atoms with Crippen LogP contribution in [0.1, 0.15) is 30.9 Å². The molecule has 3 N–H and O–H groups in total. The highest BCUT2D eigenvalue weighted by Crippen LogP contribution is 2.41. The summed E-state index contributed by atoms with van der Waals surface area (Å²) in [6.07, 6.45) is 0. The number of nitrogens with two attached hydrogens (primary N) is 1. The molecule has 0 saturated heterocycles. The molecule has 0 aliphatic carbocycles. The zero-order chi connectivity index (χ0) is 24.8. The van der Waals surface area contributed by atoms with Crippen molar-refractivity contribution in [1.82, 2.24) is 0 Å². The number of nitrogens with zero attached hydrogens (tertiary/aromatic N) is 1. The monoisotopic (exact) mass is 481 g/mol. The maximum Gasteiger partial charge on any atom is 0.338 e. The van der Waals surface area contributed by atoms with Crippen LogP contribution < -0.4 is 15.8 Å². The quantitative estimate of drug-likeness (QED) is 0.564. The summed E-state index contributed by atoms with van der Waals surface area (Å²) in [4.78, 5) is 24.8. The topological polar surface area (TPSA) is 124 Å². The molecular weight excluding hydrogens is 458 g/mol. The molecule has 1 amide bonds. The largest absolute Gasteiger partial charge is 0.482 e. The number of nitrogens with one attached hydrogen (secondary N) is 1. The van der Waals surface area contributed by atoms with Crippen LogP contribution in [0.3, 0.4) is 0 Å². The average molecular weight is 482 g/mol. The molecule has 0 saturated carbocycles. The summed E-state index contributed by atoms with van der Waals surface area (Å²) in [5.74, 6) is -1.38. The van der Waals surface area contributed by atoms with Crippen molar-refractivity contribution in [2.24, 2.45) is 5.73 Å². The number of anilines is 1. The Morgan fingerprint density at radius 1 is 1.21 bits per heavy atom. The number of esters is 1. The van der Waals surface area contributed by atoms with E-state index in [1.54, 1.807) is 44.2 Å². The highest BCUT2D eigenvalue weighted by molar-refractivity contribution is 6.32. The lowest BCUT2D eigenvalue weighted by Gasteiger charge is -2.27. The zero-order valence-corrected chi connectivity index (χ0v) is 19.7. The standard InChI is InChI=1S/C25H24ClN3O5/c1-4-32-25(31)22-15(3)34-24(28)18(12-27)23(22)16-7-10-20(19(26)11-16)33-13-21(30)29-17-8-5-14(2)6-9-17/h5-11,23H,4,13,28H2,1-3H3,(H,29,30). The van der Waals surface area contributed by atoms with E-state index in [1.165, 1.54) is 0 Å². The molecule has 0 fully saturated rings. The molecule has 9 heteroatoms. The minimum atomic E-state index is -0.825. The smallest absolute Gasteiger partial charge is 0.338 e. The van der Waals surface area contributed by atoms with Gasteiger partial charge in [-0.05, 0) is 50.6 Å². The van der Waals surface area contributed by atoms with Gasteiger partial charge in [-0.25, -0.2) is 4.79 Å². The van der Waals surface area contributed by atoms with Gasteiger partial charge < -0.3 is 25.3 Å². The van der Waals surface area contributed by atoms with Crippen molar-refractivity contribution < 1.29 is 23.8 Å². The SMILES string of the molecule is CCOC(=O)C1=C(C)OC(N)=C(C#N)C1c1ccc(OCC(=O)Nc2ccc(C)cc2)c(Cl)c1. The molecule has 1 atom stereocenters. The fourth-order valence-corrected chi connectivity index (χ4v) is 3.72. The number of amides is 1. The van der Waals surface area contributed by atoms with E-state index in [-0.39, 0.29) is 52.7 Å². The Morgan fingerprint density at radius 3 is 2.53 bits per heavy atom. The number of hydrogen-bond donors (Lipinski definition) is 2. The van der Waals surface area contributed by atoms with Gasteiger partial charge in [-0.3, -0.25) is 4.79 Å². The van der Waals surface area contributed by atoms with E-state index in [9.17, 15) is 14.9 Å². The number of nitriles is 1. The lowest BCUT2D eigenvalue weighted by molar-refractivity contribution is -0.139. The summed E-state index contributed by atoms with van der Waals surface area (Å²) < 4.78 is 16.1. The second-order valence-electron chi connectivity index (χ2n) is 7.51. The molecule has 176 valence electrons. The number of carbonyl (C=O) groups is 2. The molecule has 0 radical (unpaired) electrons. The first-order valence-corrected chi connectivity index (χ1v) is 10.9. The van der Waals surface area contributed by atoms with Crippen LogP contribution in [0.2, 0.25) is 5.02 Å². The number of hydrogen-bond acceptors (Lipinski definition) is 7. The van der Waals surface area contributed by atoms with Gasteiger partial charge in [-0.2, -0.15) is 5.26 Å². The highest BCUT2D eigenvalue weighted by Gasteiger charge is 2.36. The third-order valence-electron chi connectivity index (χ3n) is 5.08. The molecule has 0 aromatic heterocycles. The Morgan fingerprint density at radius 2 is 1.91 bits per heavy atom. The Balaban J connectivity index is 1.81. The van der Waals surface area contributed by atoms with E-state index in [0.717, 1.165) is 5.56 Å². The van der Waals surface area contributed by atoms with E-state index in [0.29, 0.717) is 11.3 Å². The highest BCUT2D eigenvalue weighted by atomic mass is 35.5. The number of carbonyl (C=O) groups excluding carboxylic acids is 2. The second kappa shape index (κ2) is 10.8. The molecule has 2 aromatic carbocycles. The lowest BCUT2D eigenvalue weighted by atomic mass is 9.83. The molecule has 1 unspecified atom stereocenters. The third-order valence-corrected chi connectivity index (χ3v) is 5.38. The van der Waals surface area contributed by atoms with Crippen molar-refractivity contribution in [2.45, 2.75) is 26.7 Å². The van der Waals surface area contributed by atoms with Crippen molar-refractivity contribution in [2.75, 3.05) is 18.5 Å². The van der Waals surface area contributed by atoms with Crippen LogP contribution >= 0.6 is 11.6 Å². The Kier molecular flexibility index (Phi) is 7.82. The molecule has 0 spiro atoms. The number of allylic oxidation sites excluding steroid dienone is 2. The number of rotatable bonds is 7. The first kappa shape index (κ1) is 24.7. The lowest BCUT2D eigenvalue weighted by Crippen LogP contribution is -2.25. The van der Waals surface area contributed by atoms with Crippen LogP contribution in [0.4, 0.5) is 5.69 Å². The average Bonchev–Trinajstić information content (AvgIpc) is 2.79. The molecule has 0 bridgehead atoms. The molecular formula is C25H24ClN3O5. The van der Waals surface area contributed by atoms with Crippen LogP contribution in [0.5, 0.6) is 5.75 Å². The van der Waals surface area contributed by atoms with Gasteiger partial charge in [0.25, 0.3) is 5.91 Å². The van der Waals surface area contributed by atoms with Crippen LogP contribution in [0.25, 0.3) is 0 Å². The van der Waals surface area contributed by atoms with Gasteiger partial charge in [0.1, 0.15) is 23.2 Å². The fourth-order valence-electron chi connectivity index (χ4n) is 3.48. The number of benzene rings is 2. The summed E-state index contributed by atoms with van der Waals surface area (Å²) in [5, 5.41) is 12.6. The number of aryl methyl sites for hydroxylation is 1. The van der Waals surface area contributed by atoms with Gasteiger partial charge in [0, 0.05) is 5.69 Å². The van der Waals surface area contributed by atoms with Crippen LogP contribution in [-0.2, 0) is 19.1 Å². The summed E-state index contributed by atoms with van der Waals surface area (Å²) >= 11 is 6.41. The number of halogens is 1. The van der Waals surface area contributed by atoms with E-state index in [1.807, 2.05) is 25.1 Å². The normalized spacial score (nSPS) is 15.3. The predicted molar refractivity (Wildman–Crippen MR) is 127 cm³/mol. The van der Waals surface area contributed by atoms with Crippen LogP contribution in [0.15, 0.2) is 65.3 Å². The van der Waals surface area contributed by atoms with Crippen molar-refractivity contribution >= 4 is 29.2 Å². The van der Waals surface area contributed by atoms with Gasteiger partial charge in [0.05, 0.1) is 23.1 Å². The molecule has 1 heterocycles. The number of ether oxygens (including phenoxy) is 3. The predicted octanol–water partition coefficient (Wildman–Crippen LogP) is 4.31. The van der Waals surface area contributed by atoms with Gasteiger partial charge in [0.15, 0.2) is 6.61 Å². The van der Waals surface area contributed by atoms with Gasteiger partial charge in [-0.1, -0.05) is 35.4 Å². The van der Waals surface area contributed by atoms with E-state index < -0.39 is 11.9 Å². The Bertz CT molecular complexity index is 1210. The minimum absolute atomic E-state index is 0.0656. The van der Waals surface area contributed by atoms with Crippen molar-refractivity contribution in [1.29, 1.82) is 5.26 Å².